The lowest BCUT2D eigenvalue weighted by Gasteiger charge is -2.16. The Balaban J connectivity index is 2.68. The van der Waals surface area contributed by atoms with Gasteiger partial charge in [-0.15, -0.1) is 0 Å². The zero-order valence-corrected chi connectivity index (χ0v) is 10.0. The normalized spacial score (nSPS) is 28.1. The molecular formula is C11H17NO5. The van der Waals surface area contributed by atoms with Crippen LogP contribution in [-0.2, 0) is 14.3 Å². The summed E-state index contributed by atoms with van der Waals surface area (Å²) in [4.78, 5) is 33.1. The van der Waals surface area contributed by atoms with Gasteiger partial charge in [0.2, 0.25) is 6.54 Å². The number of nitro groups is 1. The van der Waals surface area contributed by atoms with Crippen LogP contribution in [0.4, 0.5) is 0 Å². The molecule has 3 unspecified atom stereocenters. The van der Waals surface area contributed by atoms with Crippen LogP contribution in [0, 0.1) is 27.9 Å². The summed E-state index contributed by atoms with van der Waals surface area (Å²) in [6, 6.07) is 0. The van der Waals surface area contributed by atoms with E-state index in [0.717, 1.165) is 0 Å². The predicted molar refractivity (Wildman–Crippen MR) is 58.9 cm³/mol. The van der Waals surface area contributed by atoms with E-state index in [1.165, 1.54) is 0 Å². The van der Waals surface area contributed by atoms with Crippen LogP contribution in [0.1, 0.15) is 26.7 Å². The lowest BCUT2D eigenvalue weighted by Crippen LogP contribution is -2.27. The number of hydrogen-bond acceptors (Lipinski definition) is 5. The molecule has 3 atom stereocenters. The molecule has 6 nitrogen and oxygen atoms in total. The Hall–Kier alpha value is -1.46. The van der Waals surface area contributed by atoms with Crippen molar-refractivity contribution in [3.63, 3.8) is 0 Å². The lowest BCUT2D eigenvalue weighted by atomic mass is 9.88. The summed E-state index contributed by atoms with van der Waals surface area (Å²) < 4.78 is 4.78. The van der Waals surface area contributed by atoms with Crippen molar-refractivity contribution in [2.75, 3.05) is 13.2 Å². The van der Waals surface area contributed by atoms with Crippen molar-refractivity contribution in [3.05, 3.63) is 10.1 Å². The smallest absolute Gasteiger partial charge is 0.306 e. The third-order valence-electron chi connectivity index (χ3n) is 3.24. The number of esters is 1. The number of rotatable bonds is 5. The molecule has 17 heavy (non-hydrogen) atoms. The first kappa shape index (κ1) is 13.6. The molecule has 0 saturated heterocycles. The van der Waals surface area contributed by atoms with Gasteiger partial charge in [-0.25, -0.2) is 0 Å². The number of Topliss-reactive ketones (excluding diaryl/α,β-unsaturated/α-hetero) is 1. The molecule has 1 saturated carbocycles. The summed E-state index contributed by atoms with van der Waals surface area (Å²) in [6.45, 7) is 3.51. The van der Waals surface area contributed by atoms with E-state index in [2.05, 4.69) is 0 Å². The van der Waals surface area contributed by atoms with Gasteiger partial charge < -0.3 is 4.74 Å². The standard InChI is InChI=1S/C11H17NO5/c1-3-17-11(14)5-8-9(6-12(15)16)7(2)4-10(8)13/h7-9H,3-6H2,1-2H3. The number of nitrogens with zero attached hydrogens (tertiary/aromatic N) is 1. The largest absolute Gasteiger partial charge is 0.466 e. The Bertz CT molecular complexity index is 328. The first-order chi connectivity index (χ1) is 7.95. The van der Waals surface area contributed by atoms with E-state index in [-0.39, 0.29) is 37.2 Å². The first-order valence-electron chi connectivity index (χ1n) is 5.75. The van der Waals surface area contributed by atoms with E-state index in [0.29, 0.717) is 6.42 Å². The second-order valence-corrected chi connectivity index (χ2v) is 4.44. The molecule has 0 heterocycles. The van der Waals surface area contributed by atoms with Crippen LogP contribution in [0.3, 0.4) is 0 Å². The molecule has 1 aliphatic rings. The van der Waals surface area contributed by atoms with Gasteiger partial charge in [-0.3, -0.25) is 19.7 Å². The van der Waals surface area contributed by atoms with Crippen LogP contribution in [0.2, 0.25) is 0 Å². The maximum Gasteiger partial charge on any atom is 0.306 e. The van der Waals surface area contributed by atoms with Gasteiger partial charge in [-0.1, -0.05) is 6.92 Å². The molecule has 0 aliphatic heterocycles. The second-order valence-electron chi connectivity index (χ2n) is 4.44. The first-order valence-corrected chi connectivity index (χ1v) is 5.75. The number of carbonyl (C=O) groups is 2. The van der Waals surface area contributed by atoms with E-state index < -0.39 is 16.8 Å². The molecule has 0 radical (unpaired) electrons. The molecule has 0 bridgehead atoms. The molecule has 0 aromatic rings. The molecule has 6 heteroatoms. The van der Waals surface area contributed by atoms with Gasteiger partial charge in [0.05, 0.1) is 13.0 Å². The monoisotopic (exact) mass is 243 g/mol. The average molecular weight is 243 g/mol. The topological polar surface area (TPSA) is 86.5 Å². The van der Waals surface area contributed by atoms with Gasteiger partial charge in [-0.05, 0) is 12.8 Å². The van der Waals surface area contributed by atoms with Gasteiger partial charge >= 0.3 is 5.97 Å². The Kier molecular flexibility index (Phi) is 4.60. The summed E-state index contributed by atoms with van der Waals surface area (Å²) in [5.74, 6) is -1.44. The highest BCUT2D eigenvalue weighted by atomic mass is 16.6. The van der Waals surface area contributed by atoms with Gasteiger partial charge in [0, 0.05) is 23.2 Å². The van der Waals surface area contributed by atoms with E-state index >= 15 is 0 Å². The van der Waals surface area contributed by atoms with Crippen LogP contribution in [0.5, 0.6) is 0 Å². The van der Waals surface area contributed by atoms with E-state index in [9.17, 15) is 19.7 Å². The van der Waals surface area contributed by atoms with Gasteiger partial charge in [0.25, 0.3) is 0 Å². The molecule has 0 aromatic heterocycles. The number of carbonyl (C=O) groups excluding carboxylic acids is 2. The Morgan fingerprint density at radius 2 is 2.24 bits per heavy atom. The minimum Gasteiger partial charge on any atom is -0.466 e. The minimum atomic E-state index is -0.547. The van der Waals surface area contributed by atoms with Crippen molar-refractivity contribution in [1.82, 2.24) is 0 Å². The molecular weight excluding hydrogens is 226 g/mol. The fraction of sp³-hybridized carbons (Fsp3) is 0.818. The molecule has 1 aliphatic carbocycles. The summed E-state index contributed by atoms with van der Waals surface area (Å²) >= 11 is 0. The quantitative estimate of drug-likeness (QED) is 0.409. The highest BCUT2D eigenvalue weighted by Gasteiger charge is 2.43. The summed E-state index contributed by atoms with van der Waals surface area (Å²) in [6.07, 6.45) is 0.290. The molecule has 0 spiro atoms. The Labute approximate surface area is 99.5 Å². The van der Waals surface area contributed by atoms with E-state index in [4.69, 9.17) is 4.74 Å². The van der Waals surface area contributed by atoms with Gasteiger partial charge in [0.15, 0.2) is 0 Å². The maximum absolute atomic E-state index is 11.7. The molecule has 0 aromatic carbocycles. The van der Waals surface area contributed by atoms with Gasteiger partial charge in [-0.2, -0.15) is 0 Å². The van der Waals surface area contributed by atoms with Crippen molar-refractivity contribution < 1.29 is 19.2 Å². The van der Waals surface area contributed by atoms with Crippen molar-refractivity contribution in [1.29, 1.82) is 0 Å². The van der Waals surface area contributed by atoms with Gasteiger partial charge in [0.1, 0.15) is 5.78 Å². The summed E-state index contributed by atoms with van der Waals surface area (Å²) in [5.41, 5.74) is 0. The lowest BCUT2D eigenvalue weighted by molar-refractivity contribution is -0.490. The highest BCUT2D eigenvalue weighted by molar-refractivity contribution is 5.87. The van der Waals surface area contributed by atoms with Crippen LogP contribution < -0.4 is 0 Å². The fourth-order valence-corrected chi connectivity index (χ4v) is 2.40. The van der Waals surface area contributed by atoms with Crippen molar-refractivity contribution in [2.45, 2.75) is 26.7 Å². The third kappa shape index (κ3) is 3.51. The predicted octanol–water partition coefficient (Wildman–Crippen LogP) is 1.06. The number of ketones is 1. The Morgan fingerprint density at radius 3 is 2.76 bits per heavy atom. The van der Waals surface area contributed by atoms with Crippen molar-refractivity contribution in [2.24, 2.45) is 17.8 Å². The van der Waals surface area contributed by atoms with Crippen LogP contribution in [0.15, 0.2) is 0 Å². The molecule has 0 N–H and O–H groups in total. The maximum atomic E-state index is 11.7. The van der Waals surface area contributed by atoms with Crippen LogP contribution in [-0.4, -0.2) is 29.8 Å². The summed E-state index contributed by atoms with van der Waals surface area (Å²) in [5, 5.41) is 10.5. The SMILES string of the molecule is CCOC(=O)CC1C(=O)CC(C)C1C[N+](=O)[O-]. The Morgan fingerprint density at radius 1 is 1.59 bits per heavy atom. The minimum absolute atomic E-state index is 0.0322. The highest BCUT2D eigenvalue weighted by Crippen LogP contribution is 2.36. The zero-order chi connectivity index (χ0) is 13.0. The van der Waals surface area contributed by atoms with Crippen LogP contribution >= 0.6 is 0 Å². The van der Waals surface area contributed by atoms with E-state index in [1.807, 2.05) is 6.92 Å². The fourth-order valence-electron chi connectivity index (χ4n) is 2.40. The molecule has 1 fully saturated rings. The summed E-state index contributed by atoms with van der Waals surface area (Å²) in [7, 11) is 0. The molecule has 96 valence electrons. The molecule has 1 rings (SSSR count). The van der Waals surface area contributed by atoms with Crippen LogP contribution in [0.25, 0.3) is 0 Å². The molecule has 0 amide bonds. The number of hydrogen-bond donors (Lipinski definition) is 0. The van der Waals surface area contributed by atoms with Crippen molar-refractivity contribution >= 4 is 11.8 Å². The number of ether oxygens (including phenoxy) is 1. The average Bonchev–Trinajstić information content (AvgIpc) is 2.45. The second kappa shape index (κ2) is 5.75. The third-order valence-corrected chi connectivity index (χ3v) is 3.24. The zero-order valence-electron chi connectivity index (χ0n) is 10.0. The van der Waals surface area contributed by atoms with E-state index in [1.54, 1.807) is 6.92 Å². The van der Waals surface area contributed by atoms with Crippen molar-refractivity contribution in [3.8, 4) is 0 Å².